The minimum atomic E-state index is -0.946. The summed E-state index contributed by atoms with van der Waals surface area (Å²) in [6.07, 6.45) is 4.31. The average Bonchev–Trinajstić information content (AvgIpc) is 3.02. The number of carboxylic acid groups (broad SMARTS) is 1. The van der Waals surface area contributed by atoms with Crippen LogP contribution in [-0.4, -0.2) is 47.7 Å². The Hall–Kier alpha value is -2.50. The lowest BCUT2D eigenvalue weighted by Gasteiger charge is -2.19. The van der Waals surface area contributed by atoms with E-state index in [-0.39, 0.29) is 5.91 Å². The van der Waals surface area contributed by atoms with Crippen molar-refractivity contribution in [3.05, 3.63) is 29.8 Å². The Morgan fingerprint density at radius 2 is 2.00 bits per heavy atom. The molecule has 0 saturated carbocycles. The SMILES string of the molecule is O=C(O)C1CCCN1C(=O)/C=C/c1ccc2c(c1)OCCO2. The second-order valence-corrected chi connectivity index (χ2v) is 5.26. The third-order valence-electron chi connectivity index (χ3n) is 3.81. The Morgan fingerprint density at radius 1 is 1.23 bits per heavy atom. The standard InChI is InChI=1S/C16H17NO5/c18-15(17-7-1-2-12(17)16(19)20)6-4-11-3-5-13-14(10-11)22-9-8-21-13/h3-6,10,12H,1-2,7-9H2,(H,19,20)/b6-4+. The number of hydrogen-bond acceptors (Lipinski definition) is 4. The Labute approximate surface area is 127 Å². The lowest BCUT2D eigenvalue weighted by atomic mass is 10.1. The van der Waals surface area contributed by atoms with Crippen molar-refractivity contribution in [1.29, 1.82) is 0 Å². The average molecular weight is 303 g/mol. The number of likely N-dealkylation sites (tertiary alicyclic amines) is 1. The van der Waals surface area contributed by atoms with E-state index in [4.69, 9.17) is 14.6 Å². The molecule has 1 fully saturated rings. The van der Waals surface area contributed by atoms with Crippen LogP contribution in [0.15, 0.2) is 24.3 Å². The number of benzene rings is 1. The van der Waals surface area contributed by atoms with Crippen LogP contribution in [0.25, 0.3) is 6.08 Å². The molecular formula is C16H17NO5. The van der Waals surface area contributed by atoms with Crippen LogP contribution in [0.2, 0.25) is 0 Å². The molecule has 1 aromatic carbocycles. The summed E-state index contributed by atoms with van der Waals surface area (Å²) < 4.78 is 10.9. The van der Waals surface area contributed by atoms with Crippen LogP contribution in [0.4, 0.5) is 0 Å². The molecule has 116 valence electrons. The highest BCUT2D eigenvalue weighted by Crippen LogP contribution is 2.31. The number of aliphatic carboxylic acids is 1. The fraction of sp³-hybridized carbons (Fsp3) is 0.375. The van der Waals surface area contributed by atoms with Gasteiger partial charge in [-0.2, -0.15) is 0 Å². The number of carbonyl (C=O) groups excluding carboxylic acids is 1. The van der Waals surface area contributed by atoms with E-state index >= 15 is 0 Å². The lowest BCUT2D eigenvalue weighted by Crippen LogP contribution is -2.39. The molecule has 0 bridgehead atoms. The summed E-state index contributed by atoms with van der Waals surface area (Å²) in [5.74, 6) is 0.129. The number of carboxylic acids is 1. The molecular weight excluding hydrogens is 286 g/mol. The van der Waals surface area contributed by atoms with Crippen molar-refractivity contribution in [3.8, 4) is 11.5 Å². The van der Waals surface area contributed by atoms with Crippen LogP contribution in [0.1, 0.15) is 18.4 Å². The van der Waals surface area contributed by atoms with Gasteiger partial charge in [0.15, 0.2) is 11.5 Å². The zero-order chi connectivity index (χ0) is 15.5. The van der Waals surface area contributed by atoms with Crippen LogP contribution in [0.3, 0.4) is 0 Å². The number of carbonyl (C=O) groups is 2. The first kappa shape index (κ1) is 14.4. The molecule has 6 heteroatoms. The van der Waals surface area contributed by atoms with E-state index in [1.54, 1.807) is 18.2 Å². The number of ether oxygens (including phenoxy) is 2. The van der Waals surface area contributed by atoms with E-state index in [2.05, 4.69) is 0 Å². The van der Waals surface area contributed by atoms with Crippen molar-refractivity contribution in [2.24, 2.45) is 0 Å². The van der Waals surface area contributed by atoms with Gasteiger partial charge in [0.05, 0.1) is 0 Å². The van der Waals surface area contributed by atoms with Gasteiger partial charge in [0.25, 0.3) is 0 Å². The smallest absolute Gasteiger partial charge is 0.326 e. The van der Waals surface area contributed by atoms with Crippen LogP contribution < -0.4 is 9.47 Å². The number of amides is 1. The Balaban J connectivity index is 1.71. The summed E-state index contributed by atoms with van der Waals surface area (Å²) in [4.78, 5) is 24.6. The Morgan fingerprint density at radius 3 is 2.77 bits per heavy atom. The van der Waals surface area contributed by atoms with Crippen molar-refractivity contribution in [1.82, 2.24) is 4.90 Å². The molecule has 1 N–H and O–H groups in total. The van der Waals surface area contributed by atoms with Gasteiger partial charge in [-0.15, -0.1) is 0 Å². The van der Waals surface area contributed by atoms with Crippen molar-refractivity contribution in [2.45, 2.75) is 18.9 Å². The van der Waals surface area contributed by atoms with Gasteiger partial charge in [0, 0.05) is 12.6 Å². The number of fused-ring (bicyclic) bond motifs is 1. The molecule has 1 atom stereocenters. The predicted molar refractivity (Wildman–Crippen MR) is 78.8 cm³/mol. The summed E-state index contributed by atoms with van der Waals surface area (Å²) >= 11 is 0. The molecule has 2 heterocycles. The fourth-order valence-corrected chi connectivity index (χ4v) is 2.71. The van der Waals surface area contributed by atoms with Crippen LogP contribution in [0, 0.1) is 0 Å². The monoisotopic (exact) mass is 303 g/mol. The summed E-state index contributed by atoms with van der Waals surface area (Å²) in [7, 11) is 0. The minimum absolute atomic E-state index is 0.278. The molecule has 1 amide bonds. The van der Waals surface area contributed by atoms with Crippen molar-refractivity contribution in [2.75, 3.05) is 19.8 Å². The van der Waals surface area contributed by atoms with Crippen LogP contribution in [-0.2, 0) is 9.59 Å². The first-order valence-corrected chi connectivity index (χ1v) is 7.26. The zero-order valence-corrected chi connectivity index (χ0v) is 12.0. The third-order valence-corrected chi connectivity index (χ3v) is 3.81. The molecule has 3 rings (SSSR count). The maximum Gasteiger partial charge on any atom is 0.326 e. The molecule has 1 aromatic rings. The van der Waals surface area contributed by atoms with E-state index in [0.717, 1.165) is 12.0 Å². The van der Waals surface area contributed by atoms with E-state index in [0.29, 0.717) is 37.7 Å². The van der Waals surface area contributed by atoms with Gasteiger partial charge < -0.3 is 19.5 Å². The Bertz CT molecular complexity index is 625. The van der Waals surface area contributed by atoms with E-state index < -0.39 is 12.0 Å². The molecule has 6 nitrogen and oxygen atoms in total. The second-order valence-electron chi connectivity index (χ2n) is 5.26. The highest BCUT2D eigenvalue weighted by Gasteiger charge is 2.32. The van der Waals surface area contributed by atoms with E-state index in [1.165, 1.54) is 11.0 Å². The van der Waals surface area contributed by atoms with Crippen LogP contribution >= 0.6 is 0 Å². The van der Waals surface area contributed by atoms with Gasteiger partial charge in [-0.25, -0.2) is 4.79 Å². The topological polar surface area (TPSA) is 76.1 Å². The Kier molecular flexibility index (Phi) is 4.00. The minimum Gasteiger partial charge on any atom is -0.486 e. The molecule has 0 aromatic heterocycles. The van der Waals surface area contributed by atoms with Gasteiger partial charge in [-0.1, -0.05) is 6.07 Å². The molecule has 1 saturated heterocycles. The molecule has 0 spiro atoms. The number of nitrogens with zero attached hydrogens (tertiary/aromatic N) is 1. The first-order valence-electron chi connectivity index (χ1n) is 7.26. The van der Waals surface area contributed by atoms with Crippen molar-refractivity contribution < 1.29 is 24.2 Å². The van der Waals surface area contributed by atoms with E-state index in [1.807, 2.05) is 6.07 Å². The van der Waals surface area contributed by atoms with Gasteiger partial charge >= 0.3 is 5.97 Å². The molecule has 1 unspecified atom stereocenters. The van der Waals surface area contributed by atoms with Gasteiger partial charge in [-0.05, 0) is 36.6 Å². The van der Waals surface area contributed by atoms with Gasteiger partial charge in [0.1, 0.15) is 19.3 Å². The van der Waals surface area contributed by atoms with Crippen LogP contribution in [0.5, 0.6) is 11.5 Å². The molecule has 0 radical (unpaired) electrons. The second kappa shape index (κ2) is 6.09. The molecule has 22 heavy (non-hydrogen) atoms. The van der Waals surface area contributed by atoms with E-state index in [9.17, 15) is 9.59 Å². The molecule has 0 aliphatic carbocycles. The third kappa shape index (κ3) is 2.90. The zero-order valence-electron chi connectivity index (χ0n) is 12.0. The quantitative estimate of drug-likeness (QED) is 0.857. The highest BCUT2D eigenvalue weighted by molar-refractivity contribution is 5.94. The summed E-state index contributed by atoms with van der Waals surface area (Å²) in [6.45, 7) is 1.53. The summed E-state index contributed by atoms with van der Waals surface area (Å²) in [6, 6.07) is 4.72. The van der Waals surface area contributed by atoms with Crippen molar-refractivity contribution >= 4 is 18.0 Å². The maximum absolute atomic E-state index is 12.1. The number of rotatable bonds is 3. The fourth-order valence-electron chi connectivity index (χ4n) is 2.71. The predicted octanol–water partition coefficient (Wildman–Crippen LogP) is 1.55. The lowest BCUT2D eigenvalue weighted by molar-refractivity contribution is -0.146. The first-order chi connectivity index (χ1) is 10.6. The van der Waals surface area contributed by atoms with Gasteiger partial charge in [0.2, 0.25) is 5.91 Å². The van der Waals surface area contributed by atoms with Gasteiger partial charge in [-0.3, -0.25) is 4.79 Å². The van der Waals surface area contributed by atoms with Crippen molar-refractivity contribution in [3.63, 3.8) is 0 Å². The highest BCUT2D eigenvalue weighted by atomic mass is 16.6. The molecule has 2 aliphatic rings. The largest absolute Gasteiger partial charge is 0.486 e. The normalized spacial score (nSPS) is 20.4. The summed E-state index contributed by atoms with van der Waals surface area (Å²) in [5.41, 5.74) is 0.809. The maximum atomic E-state index is 12.1. The number of hydrogen-bond donors (Lipinski definition) is 1. The molecule has 2 aliphatic heterocycles. The summed E-state index contributed by atoms with van der Waals surface area (Å²) in [5, 5.41) is 9.10.